The molecule has 0 bridgehead atoms. The summed E-state index contributed by atoms with van der Waals surface area (Å²) in [5.74, 6) is -1.35. The fraction of sp³-hybridized carbons (Fsp3) is 0.368. The highest BCUT2D eigenvalue weighted by Gasteiger charge is 2.30. The number of para-hydroxylation sites is 1. The maximum Gasteiger partial charge on any atom is 0.308 e. The second-order valence-corrected chi connectivity index (χ2v) is 6.38. The van der Waals surface area contributed by atoms with Gasteiger partial charge in [0.15, 0.2) is 0 Å². The molecule has 0 saturated carbocycles. The summed E-state index contributed by atoms with van der Waals surface area (Å²) in [7, 11) is 0. The first-order valence-electron chi connectivity index (χ1n) is 8.25. The molecule has 0 aliphatic carbocycles. The first-order valence-corrected chi connectivity index (χ1v) is 8.25. The van der Waals surface area contributed by atoms with Gasteiger partial charge >= 0.3 is 5.97 Å². The van der Waals surface area contributed by atoms with Gasteiger partial charge in [0, 0.05) is 30.2 Å². The fourth-order valence-corrected chi connectivity index (χ4v) is 3.49. The van der Waals surface area contributed by atoms with Crippen molar-refractivity contribution < 1.29 is 14.7 Å². The number of carboxylic acid groups (broad SMARTS) is 1. The second kappa shape index (κ2) is 6.51. The van der Waals surface area contributed by atoms with Gasteiger partial charge < -0.3 is 14.6 Å². The van der Waals surface area contributed by atoms with Crippen LogP contribution in [0.25, 0.3) is 5.69 Å². The molecule has 0 radical (unpaired) electrons. The van der Waals surface area contributed by atoms with Crippen LogP contribution in [0.5, 0.6) is 0 Å². The Morgan fingerprint density at radius 1 is 1.17 bits per heavy atom. The summed E-state index contributed by atoms with van der Waals surface area (Å²) >= 11 is 0. The Kier molecular flexibility index (Phi) is 4.42. The predicted molar refractivity (Wildman–Crippen MR) is 91.5 cm³/mol. The minimum absolute atomic E-state index is 0.0729. The van der Waals surface area contributed by atoms with Crippen LogP contribution in [0.15, 0.2) is 36.4 Å². The van der Waals surface area contributed by atoms with Crippen LogP contribution in [0.2, 0.25) is 0 Å². The van der Waals surface area contributed by atoms with Crippen LogP contribution in [-0.4, -0.2) is 39.5 Å². The minimum Gasteiger partial charge on any atom is -0.481 e. The lowest BCUT2D eigenvalue weighted by Crippen LogP contribution is -2.42. The molecular formula is C19H22N2O3. The van der Waals surface area contributed by atoms with E-state index in [1.54, 1.807) is 4.90 Å². The number of carbonyl (C=O) groups excluding carboxylic acids is 1. The molecule has 1 fully saturated rings. The molecule has 1 aromatic heterocycles. The number of hydrogen-bond acceptors (Lipinski definition) is 2. The molecule has 1 saturated heterocycles. The molecule has 2 aromatic rings. The van der Waals surface area contributed by atoms with Gasteiger partial charge in [0.25, 0.3) is 5.91 Å². The summed E-state index contributed by atoms with van der Waals surface area (Å²) in [6.07, 6.45) is 1.38. The van der Waals surface area contributed by atoms with Crippen molar-refractivity contribution in [2.45, 2.75) is 26.7 Å². The largest absolute Gasteiger partial charge is 0.481 e. The summed E-state index contributed by atoms with van der Waals surface area (Å²) in [4.78, 5) is 25.8. The topological polar surface area (TPSA) is 62.5 Å². The number of hydrogen-bond donors (Lipinski definition) is 1. The second-order valence-electron chi connectivity index (χ2n) is 6.38. The molecule has 1 aromatic carbocycles. The van der Waals surface area contributed by atoms with E-state index in [-0.39, 0.29) is 5.91 Å². The molecule has 1 amide bonds. The van der Waals surface area contributed by atoms with Gasteiger partial charge in [0.1, 0.15) is 0 Å². The molecule has 1 aliphatic rings. The van der Waals surface area contributed by atoms with Crippen molar-refractivity contribution in [3.8, 4) is 5.69 Å². The summed E-state index contributed by atoms with van der Waals surface area (Å²) < 4.78 is 2.06. The lowest BCUT2D eigenvalue weighted by atomic mass is 9.97. The Bertz CT molecular complexity index is 764. The third-order valence-electron chi connectivity index (χ3n) is 4.73. The van der Waals surface area contributed by atoms with Crippen LogP contribution in [0.1, 0.15) is 34.6 Å². The molecule has 0 unspecified atom stereocenters. The number of piperidine rings is 1. The maximum absolute atomic E-state index is 12.9. The zero-order valence-corrected chi connectivity index (χ0v) is 14.0. The Labute approximate surface area is 141 Å². The standard InChI is InChI=1S/C19H22N2O3/c1-13-11-17(14(2)21(13)16-8-4-3-5-9-16)18(22)20-10-6-7-15(12-20)19(23)24/h3-5,8-9,11,15H,6-7,10,12H2,1-2H3,(H,23,24)/t15-/m0/s1. The molecule has 24 heavy (non-hydrogen) atoms. The van der Waals surface area contributed by atoms with Crippen molar-refractivity contribution in [3.63, 3.8) is 0 Å². The Balaban J connectivity index is 1.90. The predicted octanol–water partition coefficient (Wildman–Crippen LogP) is 3.03. The van der Waals surface area contributed by atoms with Crippen molar-refractivity contribution in [1.82, 2.24) is 9.47 Å². The quantitative estimate of drug-likeness (QED) is 0.943. The van der Waals surface area contributed by atoms with Gasteiger partial charge in [-0.25, -0.2) is 0 Å². The zero-order valence-electron chi connectivity index (χ0n) is 14.0. The highest BCUT2D eigenvalue weighted by Crippen LogP contribution is 2.24. The number of benzene rings is 1. The van der Waals surface area contributed by atoms with Crippen LogP contribution in [0.3, 0.4) is 0 Å². The van der Waals surface area contributed by atoms with Gasteiger partial charge in [-0.15, -0.1) is 0 Å². The Morgan fingerprint density at radius 2 is 1.88 bits per heavy atom. The molecule has 126 valence electrons. The summed E-state index contributed by atoms with van der Waals surface area (Å²) in [6, 6.07) is 11.8. The molecule has 3 rings (SSSR count). The average Bonchev–Trinajstić information content (AvgIpc) is 2.89. The van der Waals surface area contributed by atoms with E-state index >= 15 is 0 Å². The Hall–Kier alpha value is -2.56. The number of rotatable bonds is 3. The minimum atomic E-state index is -0.817. The smallest absolute Gasteiger partial charge is 0.308 e. The van der Waals surface area contributed by atoms with Gasteiger partial charge in [-0.05, 0) is 44.9 Å². The van der Waals surface area contributed by atoms with Crippen molar-refractivity contribution in [2.75, 3.05) is 13.1 Å². The highest BCUT2D eigenvalue weighted by atomic mass is 16.4. The number of amides is 1. The van der Waals surface area contributed by atoms with E-state index in [2.05, 4.69) is 4.57 Å². The van der Waals surface area contributed by atoms with Crippen molar-refractivity contribution >= 4 is 11.9 Å². The lowest BCUT2D eigenvalue weighted by Gasteiger charge is -2.30. The van der Waals surface area contributed by atoms with E-state index < -0.39 is 11.9 Å². The summed E-state index contributed by atoms with van der Waals surface area (Å²) in [6.45, 7) is 4.83. The molecule has 2 heterocycles. The van der Waals surface area contributed by atoms with Gasteiger partial charge in [0.2, 0.25) is 0 Å². The van der Waals surface area contributed by atoms with Crippen molar-refractivity contribution in [2.24, 2.45) is 5.92 Å². The van der Waals surface area contributed by atoms with Gasteiger partial charge in [-0.1, -0.05) is 18.2 Å². The lowest BCUT2D eigenvalue weighted by molar-refractivity contribution is -0.143. The van der Waals surface area contributed by atoms with Crippen molar-refractivity contribution in [3.05, 3.63) is 53.3 Å². The van der Waals surface area contributed by atoms with Crippen LogP contribution < -0.4 is 0 Å². The van der Waals surface area contributed by atoms with Gasteiger partial charge in [-0.3, -0.25) is 9.59 Å². The number of aliphatic carboxylic acids is 1. The number of aryl methyl sites for hydroxylation is 1. The highest BCUT2D eigenvalue weighted by molar-refractivity contribution is 5.96. The van der Waals surface area contributed by atoms with E-state index in [4.69, 9.17) is 0 Å². The van der Waals surface area contributed by atoms with Crippen LogP contribution in [0.4, 0.5) is 0 Å². The maximum atomic E-state index is 12.9. The molecule has 1 atom stereocenters. The van der Waals surface area contributed by atoms with Crippen LogP contribution in [0, 0.1) is 19.8 Å². The van der Waals surface area contributed by atoms with Crippen LogP contribution in [-0.2, 0) is 4.79 Å². The van der Waals surface area contributed by atoms with Gasteiger partial charge in [0.05, 0.1) is 11.5 Å². The number of nitrogens with zero attached hydrogens (tertiary/aromatic N) is 2. The van der Waals surface area contributed by atoms with Crippen LogP contribution >= 0.6 is 0 Å². The SMILES string of the molecule is Cc1cc(C(=O)N2CCC[C@H](C(=O)O)C2)c(C)n1-c1ccccc1. The number of likely N-dealkylation sites (tertiary alicyclic amines) is 1. The van der Waals surface area contributed by atoms with E-state index in [1.165, 1.54) is 0 Å². The molecule has 5 heteroatoms. The van der Waals surface area contributed by atoms with E-state index in [9.17, 15) is 14.7 Å². The number of carboxylic acids is 1. The first-order chi connectivity index (χ1) is 11.5. The average molecular weight is 326 g/mol. The summed E-state index contributed by atoms with van der Waals surface area (Å²) in [5, 5.41) is 9.22. The third-order valence-corrected chi connectivity index (χ3v) is 4.73. The molecule has 0 spiro atoms. The van der Waals surface area contributed by atoms with E-state index in [1.807, 2.05) is 50.2 Å². The zero-order chi connectivity index (χ0) is 17.3. The summed E-state index contributed by atoms with van der Waals surface area (Å²) in [5.41, 5.74) is 3.56. The normalized spacial score (nSPS) is 17.8. The van der Waals surface area contributed by atoms with Crippen molar-refractivity contribution in [1.29, 1.82) is 0 Å². The van der Waals surface area contributed by atoms with Gasteiger partial charge in [-0.2, -0.15) is 0 Å². The Morgan fingerprint density at radius 3 is 2.54 bits per heavy atom. The monoisotopic (exact) mass is 326 g/mol. The third kappa shape index (κ3) is 2.94. The first kappa shape index (κ1) is 16.3. The molecule has 1 aliphatic heterocycles. The molecule has 5 nitrogen and oxygen atoms in total. The van der Waals surface area contributed by atoms with E-state index in [0.717, 1.165) is 23.5 Å². The number of aromatic nitrogens is 1. The fourth-order valence-electron chi connectivity index (χ4n) is 3.49. The molecule has 1 N–H and O–H groups in total. The molecular weight excluding hydrogens is 304 g/mol. The number of carbonyl (C=O) groups is 2. The van der Waals surface area contributed by atoms with E-state index in [0.29, 0.717) is 25.1 Å².